The standard InChI is InChI=1S/C17H20ClN7O5S/c1-4-5-8-30-12-7-6-11-20-14(18)15(25(11)23-12)31(27,28)24-17(26)22-16-19-10(2)9-13(21-16)29-3/h6-7,9H,4-5,8H2,1-3H3,(H2,19,21,22,24,26). The number of imidazole rings is 1. The summed E-state index contributed by atoms with van der Waals surface area (Å²) in [5.41, 5.74) is 0.676. The highest BCUT2D eigenvalue weighted by Gasteiger charge is 2.28. The molecule has 3 aromatic rings. The van der Waals surface area contributed by atoms with E-state index in [4.69, 9.17) is 21.1 Å². The van der Waals surface area contributed by atoms with Crippen molar-refractivity contribution in [3.8, 4) is 11.8 Å². The molecule has 0 aromatic carbocycles. The van der Waals surface area contributed by atoms with E-state index in [1.807, 2.05) is 11.6 Å². The van der Waals surface area contributed by atoms with Crippen molar-refractivity contribution in [3.05, 3.63) is 29.0 Å². The number of nitrogens with one attached hydrogen (secondary N) is 2. The van der Waals surface area contributed by atoms with E-state index in [1.54, 1.807) is 19.1 Å². The highest BCUT2D eigenvalue weighted by atomic mass is 35.5. The molecule has 0 aliphatic heterocycles. The Balaban J connectivity index is 1.85. The monoisotopic (exact) mass is 469 g/mol. The quantitative estimate of drug-likeness (QED) is 0.473. The Hall–Kier alpha value is -3.19. The average Bonchev–Trinajstić information content (AvgIpc) is 3.03. The van der Waals surface area contributed by atoms with Gasteiger partial charge >= 0.3 is 6.03 Å². The number of amides is 2. The second-order valence-corrected chi connectivity index (χ2v) is 8.24. The molecule has 0 fully saturated rings. The number of nitrogens with zero attached hydrogens (tertiary/aromatic N) is 5. The van der Waals surface area contributed by atoms with Crippen molar-refractivity contribution in [2.24, 2.45) is 0 Å². The van der Waals surface area contributed by atoms with Gasteiger partial charge in [-0.05, 0) is 19.4 Å². The van der Waals surface area contributed by atoms with Gasteiger partial charge in [0.25, 0.3) is 10.0 Å². The number of fused-ring (bicyclic) bond motifs is 1. The van der Waals surface area contributed by atoms with Gasteiger partial charge in [0.05, 0.1) is 13.7 Å². The van der Waals surface area contributed by atoms with Crippen molar-refractivity contribution >= 4 is 39.3 Å². The number of rotatable bonds is 8. The van der Waals surface area contributed by atoms with Gasteiger partial charge in [-0.2, -0.15) is 17.9 Å². The third-order valence-electron chi connectivity index (χ3n) is 3.87. The fraction of sp³-hybridized carbons (Fsp3) is 0.353. The lowest BCUT2D eigenvalue weighted by atomic mass is 10.4. The minimum Gasteiger partial charge on any atom is -0.481 e. The molecule has 0 bridgehead atoms. The van der Waals surface area contributed by atoms with Crippen LogP contribution in [-0.2, 0) is 10.0 Å². The van der Waals surface area contributed by atoms with Crippen LogP contribution in [0.1, 0.15) is 25.5 Å². The predicted octanol–water partition coefficient (Wildman–Crippen LogP) is 2.18. The number of hydrogen-bond donors (Lipinski definition) is 2. The van der Waals surface area contributed by atoms with Crippen LogP contribution in [0, 0.1) is 6.92 Å². The molecule has 166 valence electrons. The van der Waals surface area contributed by atoms with Gasteiger partial charge < -0.3 is 9.47 Å². The summed E-state index contributed by atoms with van der Waals surface area (Å²) in [6, 6.07) is 3.50. The molecular weight excluding hydrogens is 450 g/mol. The number of unbranched alkanes of at least 4 members (excludes halogenated alkanes) is 1. The molecule has 0 aliphatic carbocycles. The van der Waals surface area contributed by atoms with Crippen LogP contribution in [0.4, 0.5) is 10.7 Å². The van der Waals surface area contributed by atoms with Gasteiger partial charge in [-0.15, -0.1) is 5.10 Å². The number of urea groups is 1. The van der Waals surface area contributed by atoms with Gasteiger partial charge in [0.2, 0.25) is 22.7 Å². The molecular formula is C17H20ClN7O5S. The highest BCUT2D eigenvalue weighted by molar-refractivity contribution is 7.90. The lowest BCUT2D eigenvalue weighted by molar-refractivity contribution is 0.256. The van der Waals surface area contributed by atoms with Gasteiger partial charge in [0.15, 0.2) is 10.8 Å². The van der Waals surface area contributed by atoms with E-state index in [-0.39, 0.29) is 28.5 Å². The maximum Gasteiger partial charge on any atom is 0.335 e. The predicted molar refractivity (Wildman–Crippen MR) is 111 cm³/mol. The molecule has 0 saturated carbocycles. The Morgan fingerprint density at radius 1 is 1.23 bits per heavy atom. The zero-order chi connectivity index (χ0) is 22.6. The third kappa shape index (κ3) is 5.30. The van der Waals surface area contributed by atoms with E-state index in [0.717, 1.165) is 17.4 Å². The van der Waals surface area contributed by atoms with Crippen LogP contribution >= 0.6 is 11.6 Å². The van der Waals surface area contributed by atoms with E-state index in [9.17, 15) is 13.2 Å². The Morgan fingerprint density at radius 3 is 2.71 bits per heavy atom. The number of hydrogen-bond acceptors (Lipinski definition) is 9. The number of methoxy groups -OCH3 is 1. The van der Waals surface area contributed by atoms with Crippen LogP contribution in [-0.4, -0.2) is 52.7 Å². The summed E-state index contributed by atoms with van der Waals surface area (Å²) in [5.74, 6) is 0.255. The molecule has 12 nitrogen and oxygen atoms in total. The second kappa shape index (κ2) is 9.31. The van der Waals surface area contributed by atoms with Crippen molar-refractivity contribution in [3.63, 3.8) is 0 Å². The van der Waals surface area contributed by atoms with Crippen molar-refractivity contribution in [2.45, 2.75) is 31.7 Å². The molecule has 3 aromatic heterocycles. The normalized spacial score (nSPS) is 11.4. The summed E-state index contributed by atoms with van der Waals surface area (Å²) >= 11 is 6.03. The Kier molecular flexibility index (Phi) is 6.75. The number of carbonyl (C=O) groups excluding carboxylic acids is 1. The summed E-state index contributed by atoms with van der Waals surface area (Å²) in [6.45, 7) is 4.09. The summed E-state index contributed by atoms with van der Waals surface area (Å²) in [7, 11) is -3.06. The first-order valence-corrected chi connectivity index (χ1v) is 11.0. The van der Waals surface area contributed by atoms with Gasteiger partial charge in [-0.1, -0.05) is 24.9 Å². The SMILES string of the molecule is CCCCOc1ccc2nc(Cl)c(S(=O)(=O)NC(=O)Nc3nc(C)cc(OC)n3)n2n1. The van der Waals surface area contributed by atoms with Gasteiger partial charge in [-0.3, -0.25) is 5.32 Å². The lowest BCUT2D eigenvalue weighted by Crippen LogP contribution is -2.35. The number of halogens is 1. The van der Waals surface area contributed by atoms with Crippen molar-refractivity contribution in [2.75, 3.05) is 19.0 Å². The molecule has 2 amide bonds. The molecule has 31 heavy (non-hydrogen) atoms. The van der Waals surface area contributed by atoms with Crippen molar-refractivity contribution < 1.29 is 22.7 Å². The van der Waals surface area contributed by atoms with Crippen molar-refractivity contribution in [1.82, 2.24) is 29.3 Å². The first kappa shape index (κ1) is 22.5. The van der Waals surface area contributed by atoms with Crippen LogP contribution in [0.5, 0.6) is 11.8 Å². The number of aryl methyl sites for hydroxylation is 1. The topological polar surface area (TPSA) is 150 Å². The summed E-state index contributed by atoms with van der Waals surface area (Å²) in [6.07, 6.45) is 1.73. The molecule has 0 atom stereocenters. The molecule has 3 rings (SSSR count). The Bertz CT molecular complexity index is 1220. The molecule has 2 N–H and O–H groups in total. The van der Waals surface area contributed by atoms with E-state index in [0.29, 0.717) is 12.3 Å². The zero-order valence-electron chi connectivity index (χ0n) is 16.9. The fourth-order valence-corrected chi connectivity index (χ4v) is 3.98. The maximum absolute atomic E-state index is 12.8. The van der Waals surface area contributed by atoms with E-state index >= 15 is 0 Å². The van der Waals surface area contributed by atoms with Crippen LogP contribution in [0.2, 0.25) is 5.15 Å². The fourth-order valence-electron chi connectivity index (χ4n) is 2.49. The van der Waals surface area contributed by atoms with Gasteiger partial charge in [-0.25, -0.2) is 19.5 Å². The smallest absolute Gasteiger partial charge is 0.335 e. The van der Waals surface area contributed by atoms with Crippen LogP contribution in [0.15, 0.2) is 23.2 Å². The number of ether oxygens (including phenoxy) is 2. The van der Waals surface area contributed by atoms with Crippen LogP contribution < -0.4 is 19.5 Å². The third-order valence-corrected chi connectivity index (χ3v) is 5.57. The molecule has 3 heterocycles. The molecule has 0 radical (unpaired) electrons. The molecule has 0 aliphatic rings. The highest BCUT2D eigenvalue weighted by Crippen LogP contribution is 2.23. The number of sulfonamides is 1. The van der Waals surface area contributed by atoms with E-state index in [1.165, 1.54) is 13.2 Å². The Morgan fingerprint density at radius 2 is 2.00 bits per heavy atom. The second-order valence-electron chi connectivity index (χ2n) is 6.29. The minimum atomic E-state index is -4.46. The van der Waals surface area contributed by atoms with Crippen LogP contribution in [0.3, 0.4) is 0 Å². The average molecular weight is 470 g/mol. The van der Waals surface area contributed by atoms with Crippen LogP contribution in [0.25, 0.3) is 5.65 Å². The molecule has 0 saturated heterocycles. The number of aromatic nitrogens is 5. The van der Waals surface area contributed by atoms with Gasteiger partial charge in [0, 0.05) is 17.8 Å². The van der Waals surface area contributed by atoms with E-state index < -0.39 is 21.1 Å². The first-order valence-electron chi connectivity index (χ1n) is 9.15. The summed E-state index contributed by atoms with van der Waals surface area (Å²) < 4.78 is 39.0. The largest absolute Gasteiger partial charge is 0.481 e. The lowest BCUT2D eigenvalue weighted by Gasteiger charge is -2.09. The van der Waals surface area contributed by atoms with Crippen molar-refractivity contribution in [1.29, 1.82) is 0 Å². The molecule has 14 heteroatoms. The Labute approximate surface area is 183 Å². The number of carbonyl (C=O) groups is 1. The van der Waals surface area contributed by atoms with Gasteiger partial charge in [0.1, 0.15) is 0 Å². The van der Waals surface area contributed by atoms with E-state index in [2.05, 4.69) is 25.4 Å². The molecule has 0 spiro atoms. The maximum atomic E-state index is 12.8. The summed E-state index contributed by atoms with van der Waals surface area (Å²) in [4.78, 5) is 24.2. The number of anilines is 1. The summed E-state index contributed by atoms with van der Waals surface area (Å²) in [5, 5.41) is 5.49. The molecule has 0 unspecified atom stereocenters. The zero-order valence-corrected chi connectivity index (χ0v) is 18.5. The first-order chi connectivity index (χ1) is 14.7. The minimum absolute atomic E-state index is 0.140.